The molecule has 1 aromatic heterocycles. The minimum Gasteiger partial charge on any atom is -0.387 e. The second-order valence-electron chi connectivity index (χ2n) is 2.64. The van der Waals surface area contributed by atoms with Crippen LogP contribution in [0.2, 0.25) is 0 Å². The highest BCUT2D eigenvalue weighted by molar-refractivity contribution is 5.11. The molecule has 0 aromatic carbocycles. The highest BCUT2D eigenvalue weighted by atomic mass is 16.3. The molecule has 0 fully saturated rings. The molecular formula is C8H12N2O. The van der Waals surface area contributed by atoms with Gasteiger partial charge in [0.2, 0.25) is 0 Å². The minimum atomic E-state index is -0.526. The summed E-state index contributed by atoms with van der Waals surface area (Å²) >= 11 is 0. The zero-order chi connectivity index (χ0) is 8.43. The minimum absolute atomic E-state index is 0.526. The van der Waals surface area contributed by atoms with Gasteiger partial charge in [0.15, 0.2) is 0 Å². The topological polar surface area (TPSA) is 46.0 Å². The van der Waals surface area contributed by atoms with E-state index in [0.717, 1.165) is 11.4 Å². The molecule has 3 heteroatoms. The lowest BCUT2D eigenvalue weighted by Crippen LogP contribution is -2.00. The van der Waals surface area contributed by atoms with Gasteiger partial charge in [-0.05, 0) is 20.8 Å². The molecule has 0 aliphatic rings. The maximum Gasteiger partial charge on any atom is 0.0947 e. The quantitative estimate of drug-likeness (QED) is 0.656. The molecule has 11 heavy (non-hydrogen) atoms. The fraction of sp³-hybridized carbons (Fsp3) is 0.500. The molecule has 3 nitrogen and oxygen atoms in total. The normalized spacial score (nSPS) is 13.1. The van der Waals surface area contributed by atoms with Gasteiger partial charge in [0.05, 0.1) is 29.4 Å². The van der Waals surface area contributed by atoms with Gasteiger partial charge in [-0.2, -0.15) is 0 Å². The molecular weight excluding hydrogens is 140 g/mol. The Hall–Kier alpha value is -0.960. The summed E-state index contributed by atoms with van der Waals surface area (Å²) in [5, 5.41) is 9.14. The van der Waals surface area contributed by atoms with Crippen molar-refractivity contribution in [3.8, 4) is 0 Å². The third kappa shape index (κ3) is 1.74. The largest absolute Gasteiger partial charge is 0.387 e. The van der Waals surface area contributed by atoms with E-state index in [1.807, 2.05) is 13.8 Å². The van der Waals surface area contributed by atoms with E-state index >= 15 is 0 Å². The Morgan fingerprint density at radius 1 is 1.36 bits per heavy atom. The van der Waals surface area contributed by atoms with Crippen LogP contribution < -0.4 is 0 Å². The molecule has 1 N–H and O–H groups in total. The number of hydrogen-bond donors (Lipinski definition) is 1. The molecule has 0 radical (unpaired) electrons. The van der Waals surface area contributed by atoms with Crippen molar-refractivity contribution in [2.75, 3.05) is 0 Å². The van der Waals surface area contributed by atoms with E-state index in [9.17, 15) is 0 Å². The lowest BCUT2D eigenvalue weighted by molar-refractivity contribution is 0.193. The molecule has 60 valence electrons. The third-order valence-corrected chi connectivity index (χ3v) is 1.64. The average molecular weight is 152 g/mol. The Bertz CT molecular complexity index is 258. The fourth-order valence-corrected chi connectivity index (χ4v) is 0.761. The van der Waals surface area contributed by atoms with Gasteiger partial charge in [0, 0.05) is 0 Å². The van der Waals surface area contributed by atoms with Crippen LogP contribution >= 0.6 is 0 Å². The summed E-state index contributed by atoms with van der Waals surface area (Å²) in [5.41, 5.74) is 2.42. The maximum atomic E-state index is 9.14. The van der Waals surface area contributed by atoms with Crippen molar-refractivity contribution in [2.24, 2.45) is 0 Å². The van der Waals surface area contributed by atoms with E-state index in [2.05, 4.69) is 9.97 Å². The van der Waals surface area contributed by atoms with Crippen molar-refractivity contribution in [1.82, 2.24) is 9.97 Å². The molecule has 1 heterocycles. The summed E-state index contributed by atoms with van der Waals surface area (Å²) in [6.45, 7) is 5.46. The van der Waals surface area contributed by atoms with Crippen LogP contribution in [-0.4, -0.2) is 15.1 Å². The Kier molecular flexibility index (Phi) is 2.19. The Labute approximate surface area is 66.1 Å². The molecule has 0 unspecified atom stereocenters. The van der Waals surface area contributed by atoms with Crippen LogP contribution in [-0.2, 0) is 0 Å². The van der Waals surface area contributed by atoms with Crippen LogP contribution in [0.1, 0.15) is 30.1 Å². The van der Waals surface area contributed by atoms with Crippen LogP contribution in [0.25, 0.3) is 0 Å². The second-order valence-corrected chi connectivity index (χ2v) is 2.64. The highest BCUT2D eigenvalue weighted by Crippen LogP contribution is 2.08. The van der Waals surface area contributed by atoms with Crippen LogP contribution in [0.4, 0.5) is 0 Å². The van der Waals surface area contributed by atoms with Gasteiger partial charge in [-0.25, -0.2) is 0 Å². The lowest BCUT2D eigenvalue weighted by Gasteiger charge is -2.04. The zero-order valence-corrected chi connectivity index (χ0v) is 7.00. The summed E-state index contributed by atoms with van der Waals surface area (Å²) in [6.07, 6.45) is 1.08. The Morgan fingerprint density at radius 2 is 2.00 bits per heavy atom. The molecule has 0 bridgehead atoms. The summed E-state index contributed by atoms with van der Waals surface area (Å²) in [4.78, 5) is 8.24. The van der Waals surface area contributed by atoms with Crippen LogP contribution in [0.15, 0.2) is 6.20 Å². The van der Waals surface area contributed by atoms with Gasteiger partial charge in [0.25, 0.3) is 0 Å². The molecule has 0 aliphatic carbocycles. The number of aliphatic hydroxyl groups excluding tert-OH is 1. The van der Waals surface area contributed by atoms with Gasteiger partial charge in [-0.1, -0.05) is 0 Å². The number of aliphatic hydroxyl groups is 1. The molecule has 0 saturated heterocycles. The molecule has 0 spiro atoms. The van der Waals surface area contributed by atoms with E-state index in [4.69, 9.17) is 5.11 Å². The summed E-state index contributed by atoms with van der Waals surface area (Å²) < 4.78 is 0. The third-order valence-electron chi connectivity index (χ3n) is 1.64. The average Bonchev–Trinajstić information content (AvgIpc) is 1.94. The predicted molar refractivity (Wildman–Crippen MR) is 42.1 cm³/mol. The molecule has 0 amide bonds. The van der Waals surface area contributed by atoms with E-state index < -0.39 is 6.10 Å². The van der Waals surface area contributed by atoms with Crippen molar-refractivity contribution >= 4 is 0 Å². The molecule has 1 rings (SSSR count). The first-order valence-electron chi connectivity index (χ1n) is 3.59. The first kappa shape index (κ1) is 8.14. The van der Waals surface area contributed by atoms with E-state index in [1.165, 1.54) is 0 Å². The van der Waals surface area contributed by atoms with Crippen LogP contribution in [0.3, 0.4) is 0 Å². The first-order valence-corrected chi connectivity index (χ1v) is 3.59. The van der Waals surface area contributed by atoms with Crippen molar-refractivity contribution < 1.29 is 5.11 Å². The lowest BCUT2D eigenvalue weighted by atomic mass is 10.2. The standard InChI is InChI=1S/C8H12N2O/c1-5-6(2)10-8(4-9-5)7(3)11/h4,7,11H,1-3H3/t7-/m1/s1. The number of rotatable bonds is 1. The molecule has 1 atom stereocenters. The van der Waals surface area contributed by atoms with Gasteiger partial charge in [-0.3, -0.25) is 9.97 Å². The van der Waals surface area contributed by atoms with Crippen molar-refractivity contribution in [3.63, 3.8) is 0 Å². The van der Waals surface area contributed by atoms with Crippen LogP contribution in [0.5, 0.6) is 0 Å². The van der Waals surface area contributed by atoms with Gasteiger partial charge < -0.3 is 5.11 Å². The molecule has 0 saturated carbocycles. The van der Waals surface area contributed by atoms with E-state index in [0.29, 0.717) is 5.69 Å². The first-order chi connectivity index (χ1) is 5.11. The number of hydrogen-bond acceptors (Lipinski definition) is 3. The molecule has 0 aliphatic heterocycles. The smallest absolute Gasteiger partial charge is 0.0947 e. The summed E-state index contributed by atoms with van der Waals surface area (Å²) in [7, 11) is 0. The van der Waals surface area contributed by atoms with Gasteiger partial charge >= 0.3 is 0 Å². The predicted octanol–water partition coefficient (Wildman–Crippen LogP) is 1.15. The Morgan fingerprint density at radius 3 is 2.45 bits per heavy atom. The highest BCUT2D eigenvalue weighted by Gasteiger charge is 2.03. The fourth-order valence-electron chi connectivity index (χ4n) is 0.761. The number of aryl methyl sites for hydroxylation is 2. The number of aromatic nitrogens is 2. The maximum absolute atomic E-state index is 9.14. The Balaban J connectivity index is 3.05. The summed E-state index contributed by atoms with van der Waals surface area (Å²) in [6, 6.07) is 0. The number of nitrogens with zero attached hydrogens (tertiary/aromatic N) is 2. The monoisotopic (exact) mass is 152 g/mol. The van der Waals surface area contributed by atoms with Crippen molar-refractivity contribution in [1.29, 1.82) is 0 Å². The van der Waals surface area contributed by atoms with E-state index in [1.54, 1.807) is 13.1 Å². The van der Waals surface area contributed by atoms with Crippen LogP contribution in [0, 0.1) is 13.8 Å². The van der Waals surface area contributed by atoms with Gasteiger partial charge in [0.1, 0.15) is 0 Å². The zero-order valence-electron chi connectivity index (χ0n) is 7.00. The van der Waals surface area contributed by atoms with Crippen molar-refractivity contribution in [2.45, 2.75) is 26.9 Å². The summed E-state index contributed by atoms with van der Waals surface area (Å²) in [5.74, 6) is 0. The van der Waals surface area contributed by atoms with Crippen molar-refractivity contribution in [3.05, 3.63) is 23.3 Å². The van der Waals surface area contributed by atoms with Gasteiger partial charge in [-0.15, -0.1) is 0 Å². The molecule has 1 aromatic rings. The van der Waals surface area contributed by atoms with E-state index in [-0.39, 0.29) is 0 Å². The second kappa shape index (κ2) is 2.96. The SMILES string of the molecule is Cc1ncc([C@@H](C)O)nc1C.